The predicted octanol–water partition coefficient (Wildman–Crippen LogP) is -2.11. The zero-order valence-electron chi connectivity index (χ0n) is 5.52. The number of aliphatic hydroxyl groups is 1. The van der Waals surface area contributed by atoms with Crippen molar-refractivity contribution in [1.29, 1.82) is 0 Å². The first kappa shape index (κ1) is 6.81. The van der Waals surface area contributed by atoms with Gasteiger partial charge < -0.3 is 10.4 Å². The van der Waals surface area contributed by atoms with Gasteiger partial charge in [-0.25, -0.2) is 0 Å². The van der Waals surface area contributed by atoms with Gasteiger partial charge in [-0.3, -0.25) is 0 Å². The molecule has 1 unspecified atom stereocenters. The molecule has 2 nitrogen and oxygen atoms in total. The average molecular weight is 141 g/mol. The second-order valence-corrected chi connectivity index (χ2v) is 4.44. The van der Waals surface area contributed by atoms with E-state index in [2.05, 4.69) is 11.2 Å². The first-order chi connectivity index (χ1) is 4.17. The Morgan fingerprint density at radius 3 is 2.78 bits per heavy atom. The van der Waals surface area contributed by atoms with Gasteiger partial charge in [-0.2, -0.15) is 0 Å². The Morgan fingerprint density at radius 2 is 2.56 bits per heavy atom. The minimum Gasteiger partial charge on any atom is -0.392 e. The van der Waals surface area contributed by atoms with Crippen molar-refractivity contribution in [2.45, 2.75) is 5.22 Å². The summed E-state index contributed by atoms with van der Waals surface area (Å²) in [5.74, 6) is 2.62. The zero-order valence-corrected chi connectivity index (χ0v) is 7.52. The molecule has 1 aliphatic rings. The van der Waals surface area contributed by atoms with E-state index < -0.39 is 5.22 Å². The molecule has 0 amide bonds. The molecular weight excluding hydrogens is 130 g/mol. The van der Waals surface area contributed by atoms with Gasteiger partial charge in [-0.15, -0.1) is 6.42 Å². The maximum Gasteiger partial charge on any atom is 0.0717 e. The van der Waals surface area contributed by atoms with Crippen molar-refractivity contribution in [3.8, 4) is 12.3 Å². The van der Waals surface area contributed by atoms with Crippen molar-refractivity contribution >= 4 is 10.2 Å². The summed E-state index contributed by atoms with van der Waals surface area (Å²) in [5, 5.41) is 12.0. The third-order valence-corrected chi connectivity index (χ3v) is 2.83. The monoisotopic (exact) mass is 141 g/mol. The van der Waals surface area contributed by atoms with Crippen LogP contribution in [0.1, 0.15) is 0 Å². The molecule has 0 aromatic carbocycles. The van der Waals surface area contributed by atoms with Crippen LogP contribution in [-0.2, 0) is 0 Å². The molecule has 2 N–H and O–H groups in total. The van der Waals surface area contributed by atoms with E-state index in [1.165, 1.54) is 0 Å². The van der Waals surface area contributed by atoms with Crippen molar-refractivity contribution in [3.63, 3.8) is 0 Å². The van der Waals surface area contributed by atoms with Crippen LogP contribution < -0.4 is 5.32 Å². The standard InChI is InChI=1S/C6H11NOSi/c1-2-5-3-7-4-6(5,8)9/h1,5,7-8H,3-4H2,9H3/t5?,6-/m1/s1. The first-order valence-electron chi connectivity index (χ1n) is 3.06. The molecule has 1 fully saturated rings. The molecule has 1 saturated heterocycles. The minimum absolute atomic E-state index is 0.0455. The summed E-state index contributed by atoms with van der Waals surface area (Å²) in [7, 11) is 0.755. The number of terminal acetylenes is 1. The average Bonchev–Trinajstić information content (AvgIpc) is 2.08. The molecule has 0 bridgehead atoms. The van der Waals surface area contributed by atoms with Gasteiger partial charge in [0.1, 0.15) is 0 Å². The molecule has 9 heavy (non-hydrogen) atoms. The van der Waals surface area contributed by atoms with E-state index >= 15 is 0 Å². The van der Waals surface area contributed by atoms with E-state index in [1.54, 1.807) is 0 Å². The highest BCUT2D eigenvalue weighted by Gasteiger charge is 2.34. The lowest BCUT2D eigenvalue weighted by molar-refractivity contribution is 0.124. The number of hydrogen-bond donors (Lipinski definition) is 2. The van der Waals surface area contributed by atoms with Gasteiger partial charge in [0.2, 0.25) is 0 Å². The molecule has 1 heterocycles. The fourth-order valence-corrected chi connectivity index (χ4v) is 1.67. The van der Waals surface area contributed by atoms with Crippen LogP contribution in [0.25, 0.3) is 0 Å². The van der Waals surface area contributed by atoms with Gasteiger partial charge in [0, 0.05) is 23.3 Å². The Kier molecular flexibility index (Phi) is 1.62. The van der Waals surface area contributed by atoms with Crippen LogP contribution in [0.5, 0.6) is 0 Å². The highest BCUT2D eigenvalue weighted by atomic mass is 28.1. The Morgan fingerprint density at radius 1 is 1.89 bits per heavy atom. The summed E-state index contributed by atoms with van der Waals surface area (Å²) >= 11 is 0. The molecule has 1 rings (SSSR count). The van der Waals surface area contributed by atoms with Gasteiger partial charge in [-0.05, 0) is 0 Å². The second kappa shape index (κ2) is 2.14. The quantitative estimate of drug-likeness (QED) is 0.299. The van der Waals surface area contributed by atoms with Gasteiger partial charge in [0.05, 0.1) is 11.1 Å². The lowest BCUT2D eigenvalue weighted by atomic mass is 10.1. The Bertz CT molecular complexity index is 150. The Hall–Kier alpha value is -0.303. The van der Waals surface area contributed by atoms with Gasteiger partial charge >= 0.3 is 0 Å². The minimum atomic E-state index is -0.547. The highest BCUT2D eigenvalue weighted by Crippen LogP contribution is 2.16. The normalized spacial score (nSPS) is 42.9. The smallest absolute Gasteiger partial charge is 0.0717 e. The highest BCUT2D eigenvalue weighted by molar-refractivity contribution is 6.15. The number of β-amino-alcohol motifs (C(OH)–C–C–N with tert-alkyl or cyclic N) is 1. The van der Waals surface area contributed by atoms with Crippen molar-refractivity contribution in [2.24, 2.45) is 5.92 Å². The molecule has 0 aromatic rings. The van der Waals surface area contributed by atoms with Crippen molar-refractivity contribution in [1.82, 2.24) is 5.32 Å². The van der Waals surface area contributed by atoms with Crippen LogP contribution >= 0.6 is 0 Å². The predicted molar refractivity (Wildman–Crippen MR) is 40.1 cm³/mol. The maximum atomic E-state index is 9.51. The fourth-order valence-electron chi connectivity index (χ4n) is 1.05. The SMILES string of the molecule is C#CC1CNC[C@@]1(O)[SiH3]. The van der Waals surface area contributed by atoms with E-state index in [1.807, 2.05) is 0 Å². The summed E-state index contributed by atoms with van der Waals surface area (Å²) in [6, 6.07) is 0. The molecule has 50 valence electrons. The number of hydrogen-bond acceptors (Lipinski definition) is 2. The number of rotatable bonds is 0. The van der Waals surface area contributed by atoms with Gasteiger partial charge in [-0.1, -0.05) is 5.92 Å². The van der Waals surface area contributed by atoms with Crippen molar-refractivity contribution in [2.75, 3.05) is 13.1 Å². The molecule has 0 saturated carbocycles. The van der Waals surface area contributed by atoms with Crippen LogP contribution in [0, 0.1) is 18.3 Å². The molecule has 1 aliphatic heterocycles. The topological polar surface area (TPSA) is 32.3 Å². The van der Waals surface area contributed by atoms with Gasteiger partial charge in [0.15, 0.2) is 0 Å². The lowest BCUT2D eigenvalue weighted by Crippen LogP contribution is -2.37. The van der Waals surface area contributed by atoms with Crippen molar-refractivity contribution in [3.05, 3.63) is 0 Å². The summed E-state index contributed by atoms with van der Waals surface area (Å²) in [6.45, 7) is 1.45. The molecule has 0 spiro atoms. The summed E-state index contributed by atoms with van der Waals surface area (Å²) in [6.07, 6.45) is 5.18. The van der Waals surface area contributed by atoms with Crippen LogP contribution in [0.15, 0.2) is 0 Å². The first-order valence-corrected chi connectivity index (χ1v) is 4.06. The molecule has 0 aliphatic carbocycles. The van der Waals surface area contributed by atoms with E-state index in [-0.39, 0.29) is 5.92 Å². The maximum absolute atomic E-state index is 9.51. The molecular formula is C6H11NOSi. The number of nitrogens with one attached hydrogen (secondary N) is 1. The second-order valence-electron chi connectivity index (χ2n) is 2.71. The van der Waals surface area contributed by atoms with Crippen LogP contribution in [0.2, 0.25) is 0 Å². The Balaban J connectivity index is 2.65. The summed E-state index contributed by atoms with van der Waals surface area (Å²) in [4.78, 5) is 0. The van der Waals surface area contributed by atoms with E-state index in [0.29, 0.717) is 6.54 Å². The zero-order chi connectivity index (χ0) is 6.91. The van der Waals surface area contributed by atoms with Crippen molar-refractivity contribution < 1.29 is 5.11 Å². The summed E-state index contributed by atoms with van der Waals surface area (Å²) < 4.78 is 0. The largest absolute Gasteiger partial charge is 0.392 e. The molecule has 0 radical (unpaired) electrons. The van der Waals surface area contributed by atoms with Crippen LogP contribution in [0.4, 0.5) is 0 Å². The molecule has 0 aromatic heterocycles. The Labute approximate surface area is 58.1 Å². The molecule has 2 atom stereocenters. The van der Waals surface area contributed by atoms with E-state index in [0.717, 1.165) is 16.8 Å². The third kappa shape index (κ3) is 1.16. The summed E-state index contributed by atoms with van der Waals surface area (Å²) in [5.41, 5.74) is 0. The third-order valence-electron chi connectivity index (χ3n) is 1.78. The van der Waals surface area contributed by atoms with Crippen LogP contribution in [0.3, 0.4) is 0 Å². The van der Waals surface area contributed by atoms with E-state index in [4.69, 9.17) is 6.42 Å². The molecule has 3 heteroatoms. The fraction of sp³-hybridized carbons (Fsp3) is 0.667. The van der Waals surface area contributed by atoms with E-state index in [9.17, 15) is 5.11 Å². The van der Waals surface area contributed by atoms with Crippen LogP contribution in [-0.4, -0.2) is 33.7 Å². The lowest BCUT2D eigenvalue weighted by Gasteiger charge is -2.18. The van der Waals surface area contributed by atoms with Gasteiger partial charge in [0.25, 0.3) is 0 Å².